The molecule has 0 aliphatic heterocycles. The van der Waals surface area contributed by atoms with Gasteiger partial charge in [0.05, 0.1) is 10.5 Å². The average Bonchev–Trinajstić information content (AvgIpc) is 2.33. The topological polar surface area (TPSA) is 82.1 Å². The lowest BCUT2D eigenvalue weighted by Gasteiger charge is -2.09. The quantitative estimate of drug-likeness (QED) is 0.389. The van der Waals surface area contributed by atoms with Crippen molar-refractivity contribution in [2.45, 2.75) is 6.92 Å². The number of rotatable bonds is 3. The Labute approximate surface area is 103 Å². The van der Waals surface area contributed by atoms with E-state index in [0.29, 0.717) is 16.0 Å². The predicted molar refractivity (Wildman–Crippen MR) is 66.5 cm³/mol. The Balaban J connectivity index is 2.39. The van der Waals surface area contributed by atoms with Crippen molar-refractivity contribution in [1.29, 1.82) is 0 Å². The Morgan fingerprint density at radius 2 is 1.94 bits per heavy atom. The molecule has 1 aromatic carbocycles. The summed E-state index contributed by atoms with van der Waals surface area (Å²) in [4.78, 5) is 10.3. The van der Waals surface area contributed by atoms with Crippen molar-refractivity contribution in [2.75, 3.05) is 5.32 Å². The van der Waals surface area contributed by atoms with E-state index in [-0.39, 0.29) is 11.5 Å². The highest BCUT2D eigenvalue weighted by molar-refractivity contribution is 5.56. The number of aryl methyl sites for hydroxylation is 1. The number of nitro groups is 1. The zero-order valence-electron chi connectivity index (χ0n) is 9.66. The first kappa shape index (κ1) is 11.8. The van der Waals surface area contributed by atoms with Gasteiger partial charge >= 0.3 is 0 Å². The molecule has 1 heterocycles. The second kappa shape index (κ2) is 4.70. The number of pyridine rings is 1. The second-order valence-corrected chi connectivity index (χ2v) is 3.80. The molecule has 6 nitrogen and oxygen atoms in total. The maximum absolute atomic E-state index is 11.7. The fraction of sp³-hybridized carbons (Fsp3) is 0.0833. The van der Waals surface area contributed by atoms with Crippen LogP contribution in [0.2, 0.25) is 0 Å². The number of hydrogen-bond donors (Lipinski definition) is 1. The zero-order chi connectivity index (χ0) is 13.1. The highest BCUT2D eigenvalue weighted by Crippen LogP contribution is 2.21. The molecule has 92 valence electrons. The van der Waals surface area contributed by atoms with Crippen molar-refractivity contribution < 1.29 is 9.65 Å². The molecule has 2 rings (SSSR count). The van der Waals surface area contributed by atoms with E-state index < -0.39 is 4.92 Å². The van der Waals surface area contributed by atoms with Gasteiger partial charge in [0.15, 0.2) is 0 Å². The van der Waals surface area contributed by atoms with Crippen LogP contribution in [-0.4, -0.2) is 4.92 Å². The van der Waals surface area contributed by atoms with E-state index in [0.717, 1.165) is 0 Å². The minimum atomic E-state index is -0.508. The predicted octanol–water partition coefficient (Wildman–Crippen LogP) is 2.28. The Hall–Kier alpha value is -2.63. The summed E-state index contributed by atoms with van der Waals surface area (Å²) in [6, 6.07) is 10.2. The lowest BCUT2D eigenvalue weighted by molar-refractivity contribution is -0.591. The molecule has 0 bridgehead atoms. The minimum Gasteiger partial charge on any atom is -0.711 e. The normalized spacial score (nSPS) is 10.1. The van der Waals surface area contributed by atoms with Crippen LogP contribution in [0.15, 0.2) is 42.6 Å². The SMILES string of the molecule is Cc1c[n+]([O-])c(Nc2ccccc2)cc1[N+](=O)[O-]. The number of hydrogen-bond acceptors (Lipinski definition) is 4. The molecule has 0 spiro atoms. The summed E-state index contributed by atoms with van der Waals surface area (Å²) in [5.74, 6) is 0.124. The third-order valence-corrected chi connectivity index (χ3v) is 2.47. The lowest BCUT2D eigenvalue weighted by atomic mass is 10.2. The molecule has 6 heteroatoms. The van der Waals surface area contributed by atoms with Gasteiger partial charge in [-0.15, -0.1) is 0 Å². The lowest BCUT2D eigenvalue weighted by Crippen LogP contribution is -2.30. The molecule has 0 atom stereocenters. The fourth-order valence-electron chi connectivity index (χ4n) is 1.58. The van der Waals surface area contributed by atoms with Gasteiger partial charge in [-0.2, -0.15) is 0 Å². The summed E-state index contributed by atoms with van der Waals surface area (Å²) >= 11 is 0. The molecule has 2 aromatic rings. The molecule has 18 heavy (non-hydrogen) atoms. The monoisotopic (exact) mass is 245 g/mol. The molecule has 0 radical (unpaired) electrons. The first-order chi connectivity index (χ1) is 8.58. The molecular formula is C12H11N3O3. The van der Waals surface area contributed by atoms with Gasteiger partial charge in [0.1, 0.15) is 18.0 Å². The summed E-state index contributed by atoms with van der Waals surface area (Å²) < 4.78 is 0.579. The highest BCUT2D eigenvalue weighted by atomic mass is 16.6. The first-order valence-corrected chi connectivity index (χ1v) is 5.28. The van der Waals surface area contributed by atoms with Crippen molar-refractivity contribution in [3.63, 3.8) is 0 Å². The van der Waals surface area contributed by atoms with Crippen molar-refractivity contribution >= 4 is 17.2 Å². The summed E-state index contributed by atoms with van der Waals surface area (Å²) in [5.41, 5.74) is 0.939. The number of para-hydroxylation sites is 1. The summed E-state index contributed by atoms with van der Waals surface area (Å²) in [5, 5.41) is 25.3. The highest BCUT2D eigenvalue weighted by Gasteiger charge is 2.17. The van der Waals surface area contributed by atoms with E-state index >= 15 is 0 Å². The van der Waals surface area contributed by atoms with Gasteiger partial charge in [-0.3, -0.25) is 10.1 Å². The van der Waals surface area contributed by atoms with Crippen LogP contribution in [0, 0.1) is 22.2 Å². The van der Waals surface area contributed by atoms with E-state index in [9.17, 15) is 15.3 Å². The maximum atomic E-state index is 11.7. The van der Waals surface area contributed by atoms with E-state index in [4.69, 9.17) is 0 Å². The minimum absolute atomic E-state index is 0.0828. The first-order valence-electron chi connectivity index (χ1n) is 5.28. The van der Waals surface area contributed by atoms with Gasteiger partial charge < -0.3 is 5.21 Å². The molecule has 0 saturated carbocycles. The number of nitrogens with zero attached hydrogens (tertiary/aromatic N) is 2. The van der Waals surface area contributed by atoms with Crippen molar-refractivity contribution in [2.24, 2.45) is 0 Å². The molecule has 0 amide bonds. The van der Waals surface area contributed by atoms with E-state index in [2.05, 4.69) is 5.32 Å². The van der Waals surface area contributed by atoms with Gasteiger partial charge in [0, 0.05) is 0 Å². The molecule has 0 aliphatic rings. The van der Waals surface area contributed by atoms with Crippen LogP contribution in [-0.2, 0) is 0 Å². The van der Waals surface area contributed by atoms with Crippen LogP contribution in [0.4, 0.5) is 17.2 Å². The van der Waals surface area contributed by atoms with E-state index in [1.807, 2.05) is 6.07 Å². The summed E-state index contributed by atoms with van der Waals surface area (Å²) in [6.07, 6.45) is 1.18. The standard InChI is InChI=1S/C12H11N3O3/c1-9-8-14(16)12(7-11(9)15(17)18)13-10-5-3-2-4-6-10/h2-8,13H,1H3. The number of aromatic nitrogens is 1. The van der Waals surface area contributed by atoms with E-state index in [1.54, 1.807) is 24.3 Å². The summed E-state index contributed by atoms with van der Waals surface area (Å²) in [6.45, 7) is 1.53. The van der Waals surface area contributed by atoms with Crippen LogP contribution in [0.25, 0.3) is 0 Å². The summed E-state index contributed by atoms with van der Waals surface area (Å²) in [7, 11) is 0. The molecule has 0 unspecified atom stereocenters. The maximum Gasteiger partial charge on any atom is 0.289 e. The Bertz CT molecular complexity index is 585. The van der Waals surface area contributed by atoms with Crippen molar-refractivity contribution in [3.8, 4) is 0 Å². The third-order valence-electron chi connectivity index (χ3n) is 2.47. The van der Waals surface area contributed by atoms with Gasteiger partial charge in [-0.05, 0) is 19.1 Å². The second-order valence-electron chi connectivity index (χ2n) is 3.80. The molecule has 0 saturated heterocycles. The van der Waals surface area contributed by atoms with Crippen LogP contribution in [0.3, 0.4) is 0 Å². The van der Waals surface area contributed by atoms with Crippen molar-refractivity contribution in [3.05, 3.63) is 63.5 Å². The number of anilines is 2. The van der Waals surface area contributed by atoms with Gasteiger partial charge in [0.25, 0.3) is 11.5 Å². The molecule has 1 aromatic heterocycles. The van der Waals surface area contributed by atoms with E-state index in [1.165, 1.54) is 19.2 Å². The Morgan fingerprint density at radius 1 is 1.28 bits per heavy atom. The van der Waals surface area contributed by atoms with Crippen LogP contribution in [0.1, 0.15) is 5.56 Å². The van der Waals surface area contributed by atoms with Crippen LogP contribution >= 0.6 is 0 Å². The van der Waals surface area contributed by atoms with Crippen LogP contribution in [0.5, 0.6) is 0 Å². The fourth-order valence-corrected chi connectivity index (χ4v) is 1.58. The molecule has 0 aliphatic carbocycles. The van der Waals surface area contributed by atoms with Gasteiger partial charge in [-0.1, -0.05) is 18.2 Å². The van der Waals surface area contributed by atoms with Crippen LogP contribution < -0.4 is 10.0 Å². The molecule has 0 fully saturated rings. The number of benzene rings is 1. The third kappa shape index (κ3) is 2.37. The zero-order valence-corrected chi connectivity index (χ0v) is 9.66. The Morgan fingerprint density at radius 3 is 2.56 bits per heavy atom. The Kier molecular flexibility index (Phi) is 3.09. The average molecular weight is 245 g/mol. The van der Waals surface area contributed by atoms with Gasteiger partial charge in [0.2, 0.25) is 0 Å². The number of nitrogens with one attached hydrogen (secondary N) is 1. The van der Waals surface area contributed by atoms with Crippen molar-refractivity contribution in [1.82, 2.24) is 0 Å². The largest absolute Gasteiger partial charge is 0.711 e. The molecule has 1 N–H and O–H groups in total. The molecular weight excluding hydrogens is 234 g/mol. The smallest absolute Gasteiger partial charge is 0.289 e. The van der Waals surface area contributed by atoms with Gasteiger partial charge in [-0.25, -0.2) is 10.0 Å².